The molecule has 19 heavy (non-hydrogen) atoms. The van der Waals surface area contributed by atoms with Crippen molar-refractivity contribution in [3.8, 4) is 0 Å². The van der Waals surface area contributed by atoms with Gasteiger partial charge in [-0.25, -0.2) is 9.78 Å². The summed E-state index contributed by atoms with van der Waals surface area (Å²) < 4.78 is 1.62. The maximum Gasteiger partial charge on any atom is 0.330 e. The third-order valence-electron chi connectivity index (χ3n) is 3.76. The number of fused-ring (bicyclic) bond motifs is 1. The van der Waals surface area contributed by atoms with E-state index in [0.717, 1.165) is 25.7 Å². The summed E-state index contributed by atoms with van der Waals surface area (Å²) in [6.45, 7) is 0.215. The van der Waals surface area contributed by atoms with E-state index >= 15 is 0 Å². The molecule has 1 aliphatic rings. The fourth-order valence-corrected chi connectivity index (χ4v) is 2.84. The SMILES string of the molecule is NCc1nc2c([nH]1)c(=O)[nH]c(=O)n2C1CCCCC1. The van der Waals surface area contributed by atoms with Crippen LogP contribution >= 0.6 is 0 Å². The molecule has 2 aromatic rings. The first-order valence-electron chi connectivity index (χ1n) is 6.64. The molecule has 7 heteroatoms. The Morgan fingerprint density at radius 3 is 2.63 bits per heavy atom. The van der Waals surface area contributed by atoms with E-state index in [0.29, 0.717) is 17.0 Å². The summed E-state index contributed by atoms with van der Waals surface area (Å²) in [4.78, 5) is 33.4. The largest absolute Gasteiger partial charge is 0.335 e. The first kappa shape index (κ1) is 12.2. The molecule has 2 aromatic heterocycles. The Morgan fingerprint density at radius 2 is 1.95 bits per heavy atom. The Kier molecular flexibility index (Phi) is 2.98. The van der Waals surface area contributed by atoms with Crippen molar-refractivity contribution >= 4 is 11.2 Å². The highest BCUT2D eigenvalue weighted by Crippen LogP contribution is 2.28. The van der Waals surface area contributed by atoms with Gasteiger partial charge in [0.1, 0.15) is 11.3 Å². The number of rotatable bonds is 2. The third kappa shape index (κ3) is 1.99. The van der Waals surface area contributed by atoms with Crippen LogP contribution < -0.4 is 17.0 Å². The second kappa shape index (κ2) is 4.65. The number of H-pyrrole nitrogens is 2. The predicted molar refractivity (Wildman–Crippen MR) is 71.0 cm³/mol. The van der Waals surface area contributed by atoms with Crippen LogP contribution in [-0.4, -0.2) is 19.5 Å². The minimum atomic E-state index is -0.431. The molecular weight excluding hydrogens is 246 g/mol. The highest BCUT2D eigenvalue weighted by Gasteiger charge is 2.21. The molecule has 0 amide bonds. The van der Waals surface area contributed by atoms with Crippen LogP contribution in [0.25, 0.3) is 11.2 Å². The molecular formula is C12H17N5O2. The van der Waals surface area contributed by atoms with Crippen LogP contribution in [-0.2, 0) is 6.54 Å². The molecule has 1 aliphatic carbocycles. The van der Waals surface area contributed by atoms with E-state index in [1.165, 1.54) is 6.42 Å². The van der Waals surface area contributed by atoms with Crippen LogP contribution in [0.2, 0.25) is 0 Å². The average molecular weight is 263 g/mol. The Hall–Kier alpha value is -1.89. The number of imidazole rings is 1. The van der Waals surface area contributed by atoms with Gasteiger partial charge in [0.2, 0.25) is 0 Å². The van der Waals surface area contributed by atoms with Crippen molar-refractivity contribution in [3.63, 3.8) is 0 Å². The van der Waals surface area contributed by atoms with Crippen molar-refractivity contribution < 1.29 is 0 Å². The maximum atomic E-state index is 12.1. The second-order valence-corrected chi connectivity index (χ2v) is 5.01. The van der Waals surface area contributed by atoms with E-state index in [1.807, 2.05) is 0 Å². The van der Waals surface area contributed by atoms with Gasteiger partial charge in [0, 0.05) is 6.04 Å². The Morgan fingerprint density at radius 1 is 1.21 bits per heavy atom. The van der Waals surface area contributed by atoms with Crippen LogP contribution in [0.15, 0.2) is 9.59 Å². The smallest absolute Gasteiger partial charge is 0.330 e. The van der Waals surface area contributed by atoms with Crippen LogP contribution in [0.1, 0.15) is 44.0 Å². The molecule has 102 valence electrons. The topological polar surface area (TPSA) is 110 Å². The highest BCUT2D eigenvalue weighted by molar-refractivity contribution is 5.69. The van der Waals surface area contributed by atoms with Crippen LogP contribution in [0.5, 0.6) is 0 Å². The van der Waals surface area contributed by atoms with Gasteiger partial charge in [0.15, 0.2) is 5.65 Å². The first-order chi connectivity index (χ1) is 9.20. The normalized spacial score (nSPS) is 17.1. The zero-order valence-electron chi connectivity index (χ0n) is 10.6. The van der Waals surface area contributed by atoms with Crippen molar-refractivity contribution in [1.82, 2.24) is 19.5 Å². The minimum absolute atomic E-state index is 0.120. The Balaban J connectivity index is 2.24. The molecule has 0 spiro atoms. The predicted octanol–water partition coefficient (Wildman–Crippen LogP) is 0.377. The number of aromatic amines is 2. The number of aromatic nitrogens is 4. The van der Waals surface area contributed by atoms with Gasteiger partial charge in [-0.3, -0.25) is 14.3 Å². The average Bonchev–Trinajstić information content (AvgIpc) is 2.84. The molecule has 0 bridgehead atoms. The standard InChI is InChI=1S/C12H17N5O2/c13-6-8-14-9-10(15-8)17(12(19)16-11(9)18)7-4-2-1-3-5-7/h7H,1-6,13H2,(H,14,15)(H,16,18,19). The minimum Gasteiger partial charge on any atom is -0.335 e. The molecule has 0 unspecified atom stereocenters. The van der Waals surface area contributed by atoms with E-state index in [-0.39, 0.29) is 18.3 Å². The number of nitrogens with zero attached hydrogens (tertiary/aromatic N) is 2. The fourth-order valence-electron chi connectivity index (χ4n) is 2.84. The van der Waals surface area contributed by atoms with Crippen molar-refractivity contribution in [2.75, 3.05) is 0 Å². The summed E-state index contributed by atoms with van der Waals surface area (Å²) in [6, 6.07) is 0.120. The van der Waals surface area contributed by atoms with Gasteiger partial charge in [-0.15, -0.1) is 0 Å². The van der Waals surface area contributed by atoms with Crippen LogP contribution in [0, 0.1) is 0 Å². The molecule has 0 saturated heterocycles. The van der Waals surface area contributed by atoms with Crippen molar-refractivity contribution in [2.45, 2.75) is 44.7 Å². The fraction of sp³-hybridized carbons (Fsp3) is 0.583. The maximum absolute atomic E-state index is 12.1. The molecule has 7 nitrogen and oxygen atoms in total. The van der Waals surface area contributed by atoms with Gasteiger partial charge >= 0.3 is 5.69 Å². The van der Waals surface area contributed by atoms with Crippen molar-refractivity contribution in [3.05, 3.63) is 26.7 Å². The summed E-state index contributed by atoms with van der Waals surface area (Å²) in [5.74, 6) is 0.524. The molecule has 0 aromatic carbocycles. The zero-order valence-corrected chi connectivity index (χ0v) is 10.6. The number of hydrogen-bond donors (Lipinski definition) is 3. The van der Waals surface area contributed by atoms with Gasteiger partial charge in [0.05, 0.1) is 6.54 Å². The molecule has 1 saturated carbocycles. The monoisotopic (exact) mass is 263 g/mol. The molecule has 4 N–H and O–H groups in total. The van der Waals surface area contributed by atoms with E-state index in [1.54, 1.807) is 4.57 Å². The molecule has 0 radical (unpaired) electrons. The van der Waals surface area contributed by atoms with Crippen molar-refractivity contribution in [2.24, 2.45) is 5.73 Å². The molecule has 0 aliphatic heterocycles. The zero-order chi connectivity index (χ0) is 13.4. The Labute approximate surface area is 108 Å². The van der Waals surface area contributed by atoms with Gasteiger partial charge in [-0.2, -0.15) is 0 Å². The van der Waals surface area contributed by atoms with Gasteiger partial charge in [-0.05, 0) is 12.8 Å². The number of nitrogens with two attached hydrogens (primary N) is 1. The lowest BCUT2D eigenvalue weighted by molar-refractivity contribution is 0.349. The van der Waals surface area contributed by atoms with E-state index in [2.05, 4.69) is 15.0 Å². The van der Waals surface area contributed by atoms with Gasteiger partial charge < -0.3 is 10.7 Å². The summed E-state index contributed by atoms with van der Waals surface area (Å²) in [6.07, 6.45) is 5.31. The van der Waals surface area contributed by atoms with E-state index in [4.69, 9.17) is 5.73 Å². The summed E-state index contributed by atoms with van der Waals surface area (Å²) in [5, 5.41) is 0. The Bertz CT molecular complexity index is 705. The lowest BCUT2D eigenvalue weighted by Gasteiger charge is -2.23. The number of nitrogens with one attached hydrogen (secondary N) is 2. The molecule has 3 rings (SSSR count). The van der Waals surface area contributed by atoms with Gasteiger partial charge in [0.25, 0.3) is 5.56 Å². The summed E-state index contributed by atoms with van der Waals surface area (Å²) in [7, 11) is 0. The van der Waals surface area contributed by atoms with E-state index < -0.39 is 5.56 Å². The quantitative estimate of drug-likeness (QED) is 0.727. The summed E-state index contributed by atoms with van der Waals surface area (Å²) >= 11 is 0. The van der Waals surface area contributed by atoms with Crippen LogP contribution in [0.4, 0.5) is 0 Å². The van der Waals surface area contributed by atoms with Crippen molar-refractivity contribution in [1.29, 1.82) is 0 Å². The lowest BCUT2D eigenvalue weighted by atomic mass is 9.95. The van der Waals surface area contributed by atoms with Gasteiger partial charge in [-0.1, -0.05) is 19.3 Å². The lowest BCUT2D eigenvalue weighted by Crippen LogP contribution is -2.33. The summed E-state index contributed by atoms with van der Waals surface area (Å²) in [5.41, 5.74) is 5.50. The first-order valence-corrected chi connectivity index (χ1v) is 6.64. The third-order valence-corrected chi connectivity index (χ3v) is 3.76. The van der Waals surface area contributed by atoms with E-state index in [9.17, 15) is 9.59 Å². The molecule has 0 atom stereocenters. The second-order valence-electron chi connectivity index (χ2n) is 5.01. The number of hydrogen-bond acceptors (Lipinski definition) is 4. The highest BCUT2D eigenvalue weighted by atomic mass is 16.2. The molecule has 1 fully saturated rings. The molecule has 2 heterocycles. The van der Waals surface area contributed by atoms with Crippen LogP contribution in [0.3, 0.4) is 0 Å².